The summed E-state index contributed by atoms with van der Waals surface area (Å²) in [6.45, 7) is 6.90. The minimum absolute atomic E-state index is 0.0514. The predicted molar refractivity (Wildman–Crippen MR) is 66.0 cm³/mol. The number of rotatable bonds is 4. The van der Waals surface area contributed by atoms with Gasteiger partial charge in [-0.25, -0.2) is 4.79 Å². The molecule has 0 bridgehead atoms. The van der Waals surface area contributed by atoms with Gasteiger partial charge in [0, 0.05) is 27.7 Å². The van der Waals surface area contributed by atoms with Crippen LogP contribution in [0.3, 0.4) is 0 Å². The minimum Gasteiger partial charge on any atom is -0.457 e. The summed E-state index contributed by atoms with van der Waals surface area (Å²) in [5.41, 5.74) is 0. The molecule has 0 aromatic heterocycles. The smallest absolute Gasteiger partial charge is 0.457 e. The highest BCUT2D eigenvalue weighted by atomic mass is 16.8. The zero-order valence-corrected chi connectivity index (χ0v) is 11.9. The molecule has 2 rings (SSSR count). The van der Waals surface area contributed by atoms with Crippen LogP contribution in [0.15, 0.2) is 24.0 Å². The zero-order chi connectivity index (χ0) is 14.8. The van der Waals surface area contributed by atoms with E-state index in [1.54, 1.807) is 27.7 Å². The van der Waals surface area contributed by atoms with Gasteiger partial charge in [-0.3, -0.25) is 0 Å². The summed E-state index contributed by atoms with van der Waals surface area (Å²) in [5.74, 6) is -0.609. The quantitative estimate of drug-likeness (QED) is 0.734. The molecule has 0 aromatic rings. The Morgan fingerprint density at radius 3 is 1.65 bits per heavy atom. The molecule has 0 radical (unpaired) electrons. The summed E-state index contributed by atoms with van der Waals surface area (Å²) in [5, 5.41) is 0. The van der Waals surface area contributed by atoms with Crippen LogP contribution in [0.4, 0.5) is 4.79 Å². The van der Waals surface area contributed by atoms with E-state index in [9.17, 15) is 4.79 Å². The van der Waals surface area contributed by atoms with Crippen molar-refractivity contribution in [2.75, 3.05) is 13.2 Å². The van der Waals surface area contributed by atoms with Crippen LogP contribution < -0.4 is 0 Å². The number of carbonyl (C=O) groups excluding carboxylic acids is 1. The summed E-state index contributed by atoms with van der Waals surface area (Å²) in [6, 6.07) is 0. The standard InChI is InChI=1S/C13H18O7/c1-12(2)17-7-9(19-12)5-15-11(14)16-6-10-8-18-13(3,4)20-10/h7-8H,5-6H2,1-4H3. The third kappa shape index (κ3) is 3.97. The van der Waals surface area contributed by atoms with Crippen molar-refractivity contribution >= 4 is 6.16 Å². The normalized spacial score (nSPS) is 21.6. The monoisotopic (exact) mass is 286 g/mol. The Kier molecular flexibility index (Phi) is 3.69. The van der Waals surface area contributed by atoms with E-state index in [0.29, 0.717) is 11.5 Å². The number of carbonyl (C=O) groups is 1. The molecular weight excluding hydrogens is 268 g/mol. The van der Waals surface area contributed by atoms with Crippen LogP contribution in [0.5, 0.6) is 0 Å². The second-order valence-corrected chi connectivity index (χ2v) is 5.24. The topological polar surface area (TPSA) is 72.5 Å². The third-order valence-corrected chi connectivity index (χ3v) is 2.37. The second kappa shape index (κ2) is 5.15. The van der Waals surface area contributed by atoms with Crippen LogP contribution >= 0.6 is 0 Å². The van der Waals surface area contributed by atoms with Crippen molar-refractivity contribution in [2.24, 2.45) is 0 Å². The van der Waals surface area contributed by atoms with E-state index in [2.05, 4.69) is 0 Å². The molecule has 0 aliphatic carbocycles. The lowest BCUT2D eigenvalue weighted by Crippen LogP contribution is -2.22. The number of ether oxygens (including phenoxy) is 6. The molecule has 0 N–H and O–H groups in total. The molecule has 20 heavy (non-hydrogen) atoms. The van der Waals surface area contributed by atoms with Gasteiger partial charge < -0.3 is 28.4 Å². The lowest BCUT2D eigenvalue weighted by molar-refractivity contribution is -0.122. The molecule has 112 valence electrons. The molecule has 0 saturated heterocycles. The first kappa shape index (κ1) is 14.4. The average Bonchev–Trinajstić information content (AvgIpc) is 2.86. The third-order valence-electron chi connectivity index (χ3n) is 2.37. The first-order valence-electron chi connectivity index (χ1n) is 6.17. The summed E-state index contributed by atoms with van der Waals surface area (Å²) in [6.07, 6.45) is 1.99. The van der Waals surface area contributed by atoms with Crippen LogP contribution in [-0.4, -0.2) is 30.9 Å². The first-order chi connectivity index (χ1) is 9.26. The molecule has 7 heteroatoms. The molecule has 0 aromatic carbocycles. The van der Waals surface area contributed by atoms with Gasteiger partial charge in [-0.05, 0) is 0 Å². The first-order valence-corrected chi connectivity index (χ1v) is 6.17. The zero-order valence-electron chi connectivity index (χ0n) is 11.9. The molecule has 0 fully saturated rings. The van der Waals surface area contributed by atoms with Crippen LogP contribution in [0.2, 0.25) is 0 Å². The fourth-order valence-electron chi connectivity index (χ4n) is 1.57. The summed E-state index contributed by atoms with van der Waals surface area (Å²) in [4.78, 5) is 11.4. The van der Waals surface area contributed by atoms with E-state index in [1.807, 2.05) is 0 Å². The molecular formula is C13H18O7. The van der Waals surface area contributed by atoms with E-state index >= 15 is 0 Å². The van der Waals surface area contributed by atoms with Crippen LogP contribution in [0.1, 0.15) is 27.7 Å². The molecule has 2 aliphatic heterocycles. The van der Waals surface area contributed by atoms with Crippen molar-refractivity contribution < 1.29 is 33.2 Å². The Hall–Kier alpha value is -2.05. The van der Waals surface area contributed by atoms with Gasteiger partial charge in [0.15, 0.2) is 24.7 Å². The Balaban J connectivity index is 1.65. The summed E-state index contributed by atoms with van der Waals surface area (Å²) in [7, 11) is 0. The fraction of sp³-hybridized carbons (Fsp3) is 0.615. The van der Waals surface area contributed by atoms with E-state index in [4.69, 9.17) is 28.4 Å². The Morgan fingerprint density at radius 2 is 1.35 bits per heavy atom. The molecule has 2 aliphatic rings. The largest absolute Gasteiger partial charge is 0.509 e. The number of hydrogen-bond donors (Lipinski definition) is 0. The van der Waals surface area contributed by atoms with Gasteiger partial charge in [-0.1, -0.05) is 0 Å². The van der Waals surface area contributed by atoms with E-state index in [-0.39, 0.29) is 13.2 Å². The van der Waals surface area contributed by atoms with Gasteiger partial charge >= 0.3 is 6.16 Å². The van der Waals surface area contributed by atoms with Crippen molar-refractivity contribution in [2.45, 2.75) is 39.3 Å². The highest BCUT2D eigenvalue weighted by Gasteiger charge is 2.29. The summed E-state index contributed by atoms with van der Waals surface area (Å²) >= 11 is 0. The maximum absolute atomic E-state index is 11.4. The van der Waals surface area contributed by atoms with Gasteiger partial charge in [0.25, 0.3) is 0 Å². The van der Waals surface area contributed by atoms with E-state index in [0.717, 1.165) is 0 Å². The molecule has 0 unspecified atom stereocenters. The Labute approximate surface area is 117 Å². The van der Waals surface area contributed by atoms with Crippen molar-refractivity contribution in [1.82, 2.24) is 0 Å². The van der Waals surface area contributed by atoms with Crippen molar-refractivity contribution in [3.63, 3.8) is 0 Å². The maximum Gasteiger partial charge on any atom is 0.509 e. The average molecular weight is 286 g/mol. The molecule has 2 heterocycles. The van der Waals surface area contributed by atoms with Gasteiger partial charge in [0.1, 0.15) is 12.5 Å². The van der Waals surface area contributed by atoms with Gasteiger partial charge in [-0.2, -0.15) is 0 Å². The van der Waals surface area contributed by atoms with Crippen LogP contribution in [-0.2, 0) is 28.4 Å². The lowest BCUT2D eigenvalue weighted by atomic mass is 10.4. The molecule has 0 amide bonds. The second-order valence-electron chi connectivity index (χ2n) is 5.24. The fourth-order valence-corrected chi connectivity index (χ4v) is 1.57. The molecule has 0 saturated carbocycles. The Morgan fingerprint density at radius 1 is 0.950 bits per heavy atom. The Bertz CT molecular complexity index is 408. The van der Waals surface area contributed by atoms with Gasteiger partial charge in [-0.15, -0.1) is 0 Å². The highest BCUT2D eigenvalue weighted by molar-refractivity contribution is 5.60. The van der Waals surface area contributed by atoms with Crippen molar-refractivity contribution in [1.29, 1.82) is 0 Å². The van der Waals surface area contributed by atoms with Crippen LogP contribution in [0.25, 0.3) is 0 Å². The predicted octanol–water partition coefficient (Wildman–Crippen LogP) is 2.39. The van der Waals surface area contributed by atoms with E-state index < -0.39 is 17.7 Å². The van der Waals surface area contributed by atoms with Crippen LogP contribution in [0, 0.1) is 0 Å². The lowest BCUT2D eigenvalue weighted by Gasteiger charge is -2.18. The molecule has 0 atom stereocenters. The van der Waals surface area contributed by atoms with E-state index in [1.165, 1.54) is 12.5 Å². The van der Waals surface area contributed by atoms with Crippen molar-refractivity contribution in [3.05, 3.63) is 24.0 Å². The SMILES string of the molecule is CC1(C)OC=C(COC(=O)OCC2=COC(C)(C)O2)O1. The highest BCUT2D eigenvalue weighted by Crippen LogP contribution is 2.25. The van der Waals surface area contributed by atoms with Gasteiger partial charge in [0.2, 0.25) is 11.6 Å². The molecule has 7 nitrogen and oxygen atoms in total. The molecule has 0 spiro atoms. The summed E-state index contributed by atoms with van der Waals surface area (Å²) < 4.78 is 30.8. The maximum atomic E-state index is 11.4. The van der Waals surface area contributed by atoms with Crippen molar-refractivity contribution in [3.8, 4) is 0 Å². The number of hydrogen-bond acceptors (Lipinski definition) is 7. The van der Waals surface area contributed by atoms with Gasteiger partial charge in [0.05, 0.1) is 0 Å². The minimum atomic E-state index is -0.826.